The van der Waals surface area contributed by atoms with Crippen molar-refractivity contribution in [3.63, 3.8) is 0 Å². The minimum atomic E-state index is -0.508. The Hall–Kier alpha value is -3.02. The molecule has 2 aliphatic rings. The molecule has 0 aliphatic heterocycles. The molecule has 1 N–H and O–H groups in total. The first-order chi connectivity index (χ1) is 15.7. The van der Waals surface area contributed by atoms with Crippen LogP contribution in [-0.4, -0.2) is 48.4 Å². The molecule has 0 saturated heterocycles. The predicted molar refractivity (Wildman–Crippen MR) is 128 cm³/mol. The van der Waals surface area contributed by atoms with Gasteiger partial charge in [0.25, 0.3) is 0 Å². The van der Waals surface area contributed by atoms with Crippen LogP contribution >= 0.6 is 0 Å². The average molecular weight is 451 g/mol. The molecule has 2 aromatic carbocycles. The number of carbonyl (C=O) groups excluding carboxylic acids is 2. The van der Waals surface area contributed by atoms with Gasteiger partial charge in [0.1, 0.15) is 12.2 Å². The highest BCUT2D eigenvalue weighted by Gasteiger charge is 2.32. The van der Waals surface area contributed by atoms with E-state index in [4.69, 9.17) is 9.47 Å². The van der Waals surface area contributed by atoms with E-state index in [1.165, 1.54) is 22.3 Å². The van der Waals surface area contributed by atoms with Gasteiger partial charge in [-0.05, 0) is 68.7 Å². The molecule has 0 unspecified atom stereocenters. The van der Waals surface area contributed by atoms with Gasteiger partial charge in [-0.2, -0.15) is 0 Å². The summed E-state index contributed by atoms with van der Waals surface area (Å²) in [7, 11) is 1.81. The fraction of sp³-hybridized carbons (Fsp3) is 0.481. The van der Waals surface area contributed by atoms with Crippen LogP contribution in [0.3, 0.4) is 0 Å². The van der Waals surface area contributed by atoms with Gasteiger partial charge in [-0.3, -0.25) is 0 Å². The number of carbonyl (C=O) groups is 2. The lowest BCUT2D eigenvalue weighted by Crippen LogP contribution is -2.45. The van der Waals surface area contributed by atoms with Gasteiger partial charge in [-0.15, -0.1) is 0 Å². The van der Waals surface area contributed by atoms with E-state index in [-0.39, 0.29) is 30.2 Å². The van der Waals surface area contributed by atoms with Crippen LogP contribution in [0.2, 0.25) is 0 Å². The Morgan fingerprint density at radius 3 is 2.03 bits per heavy atom. The van der Waals surface area contributed by atoms with Crippen LogP contribution in [0.15, 0.2) is 48.5 Å². The number of nitrogens with one attached hydrogen (secondary N) is 1. The maximum atomic E-state index is 12.9. The molecule has 0 atom stereocenters. The highest BCUT2D eigenvalue weighted by Crippen LogP contribution is 2.44. The summed E-state index contributed by atoms with van der Waals surface area (Å²) in [4.78, 5) is 26.6. The van der Waals surface area contributed by atoms with E-state index >= 15 is 0 Å². The van der Waals surface area contributed by atoms with E-state index in [0.29, 0.717) is 6.61 Å². The van der Waals surface area contributed by atoms with E-state index in [9.17, 15) is 9.59 Å². The van der Waals surface area contributed by atoms with Gasteiger partial charge < -0.3 is 19.7 Å². The summed E-state index contributed by atoms with van der Waals surface area (Å²) in [6, 6.07) is 16.9. The quantitative estimate of drug-likeness (QED) is 0.648. The van der Waals surface area contributed by atoms with E-state index < -0.39 is 5.60 Å². The van der Waals surface area contributed by atoms with Crippen molar-refractivity contribution in [2.24, 2.45) is 0 Å². The number of hydrogen-bond donors (Lipinski definition) is 1. The first kappa shape index (κ1) is 23.1. The van der Waals surface area contributed by atoms with E-state index in [1.54, 1.807) is 4.90 Å². The average Bonchev–Trinajstić information content (AvgIpc) is 3.10. The first-order valence-electron chi connectivity index (χ1n) is 11.8. The Bertz CT molecular complexity index is 960. The molecule has 6 heteroatoms. The van der Waals surface area contributed by atoms with Gasteiger partial charge in [0, 0.05) is 25.0 Å². The number of alkyl carbamates (subject to hydrolysis) is 1. The number of amides is 2. The van der Waals surface area contributed by atoms with E-state index in [1.807, 2.05) is 52.1 Å². The van der Waals surface area contributed by atoms with Crippen molar-refractivity contribution in [2.75, 3.05) is 13.7 Å². The zero-order valence-electron chi connectivity index (χ0n) is 20.0. The lowest BCUT2D eigenvalue weighted by molar-refractivity contribution is 0.0471. The van der Waals surface area contributed by atoms with Gasteiger partial charge in [0.15, 0.2) is 0 Å². The van der Waals surface area contributed by atoms with Gasteiger partial charge >= 0.3 is 12.2 Å². The van der Waals surface area contributed by atoms with Crippen LogP contribution < -0.4 is 5.32 Å². The Labute approximate surface area is 196 Å². The molecule has 0 aromatic heterocycles. The summed E-state index contributed by atoms with van der Waals surface area (Å²) >= 11 is 0. The highest BCUT2D eigenvalue weighted by atomic mass is 16.6. The summed E-state index contributed by atoms with van der Waals surface area (Å²) < 4.78 is 11.1. The Kier molecular flexibility index (Phi) is 6.63. The fourth-order valence-corrected chi connectivity index (χ4v) is 4.93. The SMILES string of the molecule is CN(C(=O)OCC1c2ccccc2-c2ccccc21)C1CCC(NC(=O)OC(C)(C)C)CC1. The molecule has 0 bridgehead atoms. The van der Waals surface area contributed by atoms with Gasteiger partial charge in [-0.25, -0.2) is 9.59 Å². The Morgan fingerprint density at radius 1 is 0.939 bits per heavy atom. The second kappa shape index (κ2) is 9.46. The molecule has 2 amide bonds. The van der Waals surface area contributed by atoms with E-state index in [0.717, 1.165) is 25.7 Å². The van der Waals surface area contributed by atoms with Crippen molar-refractivity contribution in [3.8, 4) is 11.1 Å². The van der Waals surface area contributed by atoms with Crippen molar-refractivity contribution >= 4 is 12.2 Å². The summed E-state index contributed by atoms with van der Waals surface area (Å²) in [5.74, 6) is 0.0588. The van der Waals surface area contributed by atoms with Crippen molar-refractivity contribution in [1.82, 2.24) is 10.2 Å². The van der Waals surface area contributed by atoms with Crippen LogP contribution in [0.5, 0.6) is 0 Å². The molecule has 33 heavy (non-hydrogen) atoms. The topological polar surface area (TPSA) is 67.9 Å². The van der Waals surface area contributed by atoms with Crippen molar-refractivity contribution < 1.29 is 19.1 Å². The standard InChI is InChI=1S/C27H34N2O4/c1-27(2,3)33-25(30)28-18-13-15-19(16-14-18)29(4)26(31)32-17-24-22-11-7-5-9-20(22)21-10-6-8-12-23(21)24/h5-12,18-19,24H,13-17H2,1-4H3,(H,28,30). The highest BCUT2D eigenvalue weighted by molar-refractivity contribution is 5.79. The molecule has 176 valence electrons. The first-order valence-corrected chi connectivity index (χ1v) is 11.8. The fourth-order valence-electron chi connectivity index (χ4n) is 4.93. The monoisotopic (exact) mass is 450 g/mol. The van der Waals surface area contributed by atoms with E-state index in [2.05, 4.69) is 29.6 Å². The second-order valence-corrected chi connectivity index (χ2v) is 10.1. The summed E-state index contributed by atoms with van der Waals surface area (Å²) in [5.41, 5.74) is 4.35. The third-order valence-corrected chi connectivity index (χ3v) is 6.59. The van der Waals surface area contributed by atoms with Crippen molar-refractivity contribution in [2.45, 2.75) is 70.1 Å². The number of fused-ring (bicyclic) bond motifs is 3. The molecule has 2 aliphatic carbocycles. The number of benzene rings is 2. The summed E-state index contributed by atoms with van der Waals surface area (Å²) in [5, 5.41) is 2.95. The van der Waals surface area contributed by atoms with Gasteiger partial charge in [-0.1, -0.05) is 48.5 Å². The maximum Gasteiger partial charge on any atom is 0.409 e. The Morgan fingerprint density at radius 2 is 1.48 bits per heavy atom. The zero-order valence-corrected chi connectivity index (χ0v) is 20.0. The Balaban J connectivity index is 1.29. The molecular weight excluding hydrogens is 416 g/mol. The lowest BCUT2D eigenvalue weighted by atomic mass is 9.90. The van der Waals surface area contributed by atoms with Crippen LogP contribution in [0.1, 0.15) is 63.5 Å². The van der Waals surface area contributed by atoms with Crippen LogP contribution in [0.25, 0.3) is 11.1 Å². The second-order valence-electron chi connectivity index (χ2n) is 10.1. The molecule has 1 saturated carbocycles. The van der Waals surface area contributed by atoms with Crippen LogP contribution in [0.4, 0.5) is 9.59 Å². The zero-order chi connectivity index (χ0) is 23.6. The lowest BCUT2D eigenvalue weighted by Gasteiger charge is -2.34. The molecule has 0 spiro atoms. The molecule has 6 nitrogen and oxygen atoms in total. The minimum absolute atomic E-state index is 0.0588. The number of hydrogen-bond acceptors (Lipinski definition) is 4. The summed E-state index contributed by atoms with van der Waals surface area (Å²) in [6.45, 7) is 5.89. The number of ether oxygens (including phenoxy) is 2. The molecule has 2 aromatic rings. The normalized spacial score (nSPS) is 19.9. The summed E-state index contributed by atoms with van der Waals surface area (Å²) in [6.07, 6.45) is 2.59. The number of nitrogens with zero attached hydrogens (tertiary/aromatic N) is 1. The smallest absolute Gasteiger partial charge is 0.409 e. The molecule has 1 fully saturated rings. The predicted octanol–water partition coefficient (Wildman–Crippen LogP) is 5.70. The third kappa shape index (κ3) is 5.32. The maximum absolute atomic E-state index is 12.9. The molecular formula is C27H34N2O4. The molecule has 0 radical (unpaired) electrons. The van der Waals surface area contributed by atoms with Crippen LogP contribution in [-0.2, 0) is 9.47 Å². The minimum Gasteiger partial charge on any atom is -0.448 e. The molecule has 4 rings (SSSR count). The van der Waals surface area contributed by atoms with Crippen molar-refractivity contribution in [3.05, 3.63) is 59.7 Å². The largest absolute Gasteiger partial charge is 0.448 e. The molecule has 0 heterocycles. The number of rotatable bonds is 4. The van der Waals surface area contributed by atoms with Crippen LogP contribution in [0, 0.1) is 0 Å². The van der Waals surface area contributed by atoms with Crippen molar-refractivity contribution in [1.29, 1.82) is 0 Å². The van der Waals surface area contributed by atoms with Gasteiger partial charge in [0.05, 0.1) is 0 Å². The third-order valence-electron chi connectivity index (χ3n) is 6.59. The van der Waals surface area contributed by atoms with Gasteiger partial charge in [0.2, 0.25) is 0 Å².